The van der Waals surface area contributed by atoms with Gasteiger partial charge in [-0.05, 0) is 18.2 Å². The van der Waals surface area contributed by atoms with Crippen molar-refractivity contribution >= 4 is 11.6 Å². The van der Waals surface area contributed by atoms with Crippen molar-refractivity contribution in [2.75, 3.05) is 7.05 Å². The summed E-state index contributed by atoms with van der Waals surface area (Å²) in [6, 6.07) is 4.16. The lowest BCUT2D eigenvalue weighted by Gasteiger charge is -2.16. The maximum absolute atomic E-state index is 13.7. The van der Waals surface area contributed by atoms with Gasteiger partial charge < -0.3 is 9.32 Å². The van der Waals surface area contributed by atoms with E-state index in [1.54, 1.807) is 12.1 Å². The summed E-state index contributed by atoms with van der Waals surface area (Å²) in [6.45, 7) is 0.0594. The summed E-state index contributed by atoms with van der Waals surface area (Å²) < 4.78 is 32.3. The predicted molar refractivity (Wildman–Crippen MR) is 67.5 cm³/mol. The number of amides is 1. The Morgan fingerprint density at radius 1 is 1.38 bits per heavy atom. The first kappa shape index (κ1) is 14.6. The van der Waals surface area contributed by atoms with Gasteiger partial charge in [0.1, 0.15) is 11.6 Å². The van der Waals surface area contributed by atoms with Crippen LogP contribution in [0.1, 0.15) is 16.1 Å². The Morgan fingerprint density at radius 3 is 2.67 bits per heavy atom. The summed E-state index contributed by atoms with van der Waals surface area (Å²) in [6.07, 6.45) is 1.42. The van der Waals surface area contributed by atoms with Crippen LogP contribution in [-0.2, 0) is 6.54 Å². The molecule has 1 heterocycles. The number of halogens is 2. The topological polar surface area (TPSA) is 76.6 Å². The fourth-order valence-corrected chi connectivity index (χ4v) is 1.75. The van der Waals surface area contributed by atoms with Crippen LogP contribution in [0.3, 0.4) is 0 Å². The molecule has 0 aliphatic carbocycles. The number of rotatable bonds is 4. The van der Waals surface area contributed by atoms with Crippen LogP contribution < -0.4 is 0 Å². The minimum Gasteiger partial charge on any atom is -0.467 e. The zero-order valence-corrected chi connectivity index (χ0v) is 10.9. The molecule has 0 saturated carbocycles. The van der Waals surface area contributed by atoms with Gasteiger partial charge in [-0.1, -0.05) is 0 Å². The molecule has 110 valence electrons. The van der Waals surface area contributed by atoms with Gasteiger partial charge in [0.2, 0.25) is 5.82 Å². The van der Waals surface area contributed by atoms with Crippen molar-refractivity contribution in [2.45, 2.75) is 6.54 Å². The third-order valence-electron chi connectivity index (χ3n) is 2.78. The maximum Gasteiger partial charge on any atom is 0.307 e. The molecule has 0 aliphatic rings. The van der Waals surface area contributed by atoms with Crippen molar-refractivity contribution in [2.24, 2.45) is 0 Å². The second kappa shape index (κ2) is 5.70. The number of nitro benzene ring substituents is 1. The Labute approximate surface area is 117 Å². The van der Waals surface area contributed by atoms with Crippen LogP contribution in [0.25, 0.3) is 0 Å². The summed E-state index contributed by atoms with van der Waals surface area (Å²) in [7, 11) is 1.38. The third kappa shape index (κ3) is 3.04. The molecule has 0 unspecified atom stereocenters. The Bertz CT molecular complexity index is 686. The number of benzene rings is 1. The van der Waals surface area contributed by atoms with E-state index in [1.165, 1.54) is 13.3 Å². The summed E-state index contributed by atoms with van der Waals surface area (Å²) in [5.41, 5.74) is -1.59. The van der Waals surface area contributed by atoms with E-state index in [9.17, 15) is 23.7 Å². The Kier molecular flexibility index (Phi) is 3.97. The molecule has 2 aromatic rings. The normalized spacial score (nSPS) is 10.4. The average molecular weight is 296 g/mol. The number of nitro groups is 1. The van der Waals surface area contributed by atoms with E-state index < -0.39 is 33.7 Å². The lowest BCUT2D eigenvalue weighted by atomic mass is 10.1. The molecule has 1 amide bonds. The van der Waals surface area contributed by atoms with Gasteiger partial charge in [0.15, 0.2) is 0 Å². The zero-order chi connectivity index (χ0) is 15.6. The molecule has 0 N–H and O–H groups in total. The number of furan rings is 1. The Morgan fingerprint density at radius 2 is 2.10 bits per heavy atom. The third-order valence-corrected chi connectivity index (χ3v) is 2.78. The number of hydrogen-bond acceptors (Lipinski definition) is 4. The molecule has 0 fully saturated rings. The minimum absolute atomic E-state index is 0.0594. The molecular weight excluding hydrogens is 286 g/mol. The fourth-order valence-electron chi connectivity index (χ4n) is 1.75. The highest BCUT2D eigenvalue weighted by atomic mass is 19.1. The summed E-state index contributed by atoms with van der Waals surface area (Å²) in [5.74, 6) is -2.76. The lowest BCUT2D eigenvalue weighted by molar-refractivity contribution is -0.387. The second-order valence-corrected chi connectivity index (χ2v) is 4.28. The summed E-state index contributed by atoms with van der Waals surface area (Å²) in [5, 5.41) is 10.5. The molecule has 1 aromatic carbocycles. The van der Waals surface area contributed by atoms with Crippen LogP contribution in [0.15, 0.2) is 34.9 Å². The minimum atomic E-state index is -1.27. The largest absolute Gasteiger partial charge is 0.467 e. The van der Waals surface area contributed by atoms with Gasteiger partial charge in [-0.15, -0.1) is 0 Å². The molecule has 1 aromatic heterocycles. The molecule has 0 saturated heterocycles. The van der Waals surface area contributed by atoms with Gasteiger partial charge in [0, 0.05) is 7.05 Å². The van der Waals surface area contributed by atoms with Crippen molar-refractivity contribution in [1.29, 1.82) is 0 Å². The van der Waals surface area contributed by atoms with Crippen LogP contribution in [0.4, 0.5) is 14.5 Å². The van der Waals surface area contributed by atoms with E-state index in [4.69, 9.17) is 4.42 Å². The van der Waals surface area contributed by atoms with Gasteiger partial charge in [0.25, 0.3) is 5.91 Å². The predicted octanol–water partition coefficient (Wildman–Crippen LogP) is 2.74. The van der Waals surface area contributed by atoms with E-state index in [-0.39, 0.29) is 6.54 Å². The van der Waals surface area contributed by atoms with Crippen molar-refractivity contribution in [3.63, 3.8) is 0 Å². The van der Waals surface area contributed by atoms with E-state index in [2.05, 4.69) is 0 Å². The SMILES string of the molecule is CN(Cc1ccco1)C(=O)c1cc(F)c([N+](=O)[O-])cc1F. The molecule has 0 spiro atoms. The number of nitrogens with zero attached hydrogens (tertiary/aromatic N) is 2. The lowest BCUT2D eigenvalue weighted by Crippen LogP contribution is -2.27. The molecule has 21 heavy (non-hydrogen) atoms. The van der Waals surface area contributed by atoms with Crippen LogP contribution in [0.2, 0.25) is 0 Å². The van der Waals surface area contributed by atoms with Gasteiger partial charge in [0.05, 0.1) is 29.4 Å². The zero-order valence-electron chi connectivity index (χ0n) is 10.9. The smallest absolute Gasteiger partial charge is 0.307 e. The van der Waals surface area contributed by atoms with Crippen molar-refractivity contribution in [3.8, 4) is 0 Å². The number of carbonyl (C=O) groups excluding carboxylic acids is 1. The van der Waals surface area contributed by atoms with Crippen molar-refractivity contribution < 1.29 is 22.9 Å². The maximum atomic E-state index is 13.7. The average Bonchev–Trinajstić information content (AvgIpc) is 2.92. The van der Waals surface area contributed by atoms with Crippen LogP contribution >= 0.6 is 0 Å². The monoisotopic (exact) mass is 296 g/mol. The van der Waals surface area contributed by atoms with E-state index >= 15 is 0 Å². The van der Waals surface area contributed by atoms with E-state index in [0.29, 0.717) is 17.9 Å². The molecule has 0 atom stereocenters. The first-order chi connectivity index (χ1) is 9.90. The Hall–Kier alpha value is -2.77. The van der Waals surface area contributed by atoms with Gasteiger partial charge >= 0.3 is 5.69 Å². The Balaban J connectivity index is 2.26. The van der Waals surface area contributed by atoms with Gasteiger partial charge in [-0.3, -0.25) is 14.9 Å². The molecule has 8 heteroatoms. The highest BCUT2D eigenvalue weighted by Crippen LogP contribution is 2.22. The van der Waals surface area contributed by atoms with Crippen LogP contribution in [0, 0.1) is 21.7 Å². The first-order valence-electron chi connectivity index (χ1n) is 5.81. The highest BCUT2D eigenvalue weighted by molar-refractivity contribution is 5.94. The van der Waals surface area contributed by atoms with Crippen molar-refractivity contribution in [1.82, 2.24) is 4.90 Å². The summed E-state index contributed by atoms with van der Waals surface area (Å²) in [4.78, 5) is 22.6. The fraction of sp³-hybridized carbons (Fsp3) is 0.154. The molecule has 6 nitrogen and oxygen atoms in total. The van der Waals surface area contributed by atoms with Gasteiger partial charge in [-0.25, -0.2) is 4.39 Å². The van der Waals surface area contributed by atoms with E-state index in [0.717, 1.165) is 4.90 Å². The molecule has 0 radical (unpaired) electrons. The van der Waals surface area contributed by atoms with Crippen LogP contribution in [0.5, 0.6) is 0 Å². The molecule has 2 rings (SSSR count). The molecule has 0 bridgehead atoms. The van der Waals surface area contributed by atoms with Crippen LogP contribution in [-0.4, -0.2) is 22.8 Å². The second-order valence-electron chi connectivity index (χ2n) is 4.28. The highest BCUT2D eigenvalue weighted by Gasteiger charge is 2.24. The number of hydrogen-bond donors (Lipinski definition) is 0. The molecule has 0 aliphatic heterocycles. The standard InChI is InChI=1S/C13H10F2N2O4/c1-16(7-8-3-2-4-21-8)13(18)9-5-11(15)12(17(19)20)6-10(9)14/h2-6H,7H2,1H3. The van der Waals surface area contributed by atoms with Crippen molar-refractivity contribution in [3.05, 3.63) is 63.6 Å². The quantitative estimate of drug-likeness (QED) is 0.642. The first-order valence-corrected chi connectivity index (χ1v) is 5.81. The van der Waals surface area contributed by atoms with Gasteiger partial charge in [-0.2, -0.15) is 4.39 Å². The number of carbonyl (C=O) groups is 1. The molecular formula is C13H10F2N2O4. The van der Waals surface area contributed by atoms with E-state index in [1.807, 2.05) is 0 Å². The summed E-state index contributed by atoms with van der Waals surface area (Å²) >= 11 is 0.